The van der Waals surface area contributed by atoms with E-state index in [0.717, 1.165) is 13.1 Å². The molecule has 0 aliphatic rings. The van der Waals surface area contributed by atoms with Crippen molar-refractivity contribution in [1.82, 2.24) is 9.88 Å². The maximum Gasteiger partial charge on any atom is 0.0364 e. The summed E-state index contributed by atoms with van der Waals surface area (Å²) >= 11 is 0. The van der Waals surface area contributed by atoms with Crippen LogP contribution in [0.15, 0.2) is 42.6 Å². The molecule has 0 radical (unpaired) electrons. The van der Waals surface area contributed by atoms with Crippen molar-refractivity contribution in [2.45, 2.75) is 39.9 Å². The summed E-state index contributed by atoms with van der Waals surface area (Å²) in [5.74, 6) is 0. The van der Waals surface area contributed by atoms with E-state index in [1.165, 1.54) is 16.8 Å². The van der Waals surface area contributed by atoms with Gasteiger partial charge in [-0.15, -0.1) is 0 Å². The number of rotatable bonds is 5. The maximum absolute atomic E-state index is 3.58. The molecular weight excluding hydrogens is 220 g/mol. The van der Waals surface area contributed by atoms with Gasteiger partial charge in [-0.3, -0.25) is 0 Å². The molecule has 96 valence electrons. The first-order valence-electron chi connectivity index (χ1n) is 6.64. The molecule has 1 heterocycles. The molecule has 2 aromatic rings. The first-order valence-corrected chi connectivity index (χ1v) is 6.64. The topological polar surface area (TPSA) is 17.0 Å². The fourth-order valence-electron chi connectivity index (χ4n) is 2.23. The van der Waals surface area contributed by atoms with Crippen molar-refractivity contribution in [2.24, 2.45) is 0 Å². The van der Waals surface area contributed by atoms with Gasteiger partial charge in [0.15, 0.2) is 0 Å². The van der Waals surface area contributed by atoms with Crippen molar-refractivity contribution in [3.63, 3.8) is 0 Å². The molecule has 0 bridgehead atoms. The third kappa shape index (κ3) is 3.02. The minimum atomic E-state index is 0.380. The summed E-state index contributed by atoms with van der Waals surface area (Å²) in [6.07, 6.45) is 2.13. The molecule has 0 aliphatic carbocycles. The molecule has 1 N–H and O–H groups in total. The fourth-order valence-corrected chi connectivity index (χ4v) is 2.23. The van der Waals surface area contributed by atoms with Crippen molar-refractivity contribution < 1.29 is 0 Å². The molecule has 1 aromatic carbocycles. The Morgan fingerprint density at radius 2 is 2.06 bits per heavy atom. The Bertz CT molecular complexity index is 499. The first-order chi connectivity index (χ1) is 8.70. The number of nitrogens with one attached hydrogen (secondary N) is 1. The van der Waals surface area contributed by atoms with Gasteiger partial charge in [0.25, 0.3) is 0 Å². The minimum absolute atomic E-state index is 0.380. The number of nitrogens with zero attached hydrogens (tertiary/aromatic N) is 1. The Balaban J connectivity index is 1.98. The van der Waals surface area contributed by atoms with Crippen LogP contribution in [-0.4, -0.2) is 4.57 Å². The molecule has 2 nitrogen and oxygen atoms in total. The van der Waals surface area contributed by atoms with E-state index in [2.05, 4.69) is 73.3 Å². The van der Waals surface area contributed by atoms with Gasteiger partial charge < -0.3 is 9.88 Å². The lowest BCUT2D eigenvalue weighted by atomic mass is 10.1. The molecule has 1 atom stereocenters. The SMILES string of the molecule is CCn1cccc1CN[C@H](C)c1cccc(C)c1. The number of hydrogen-bond donors (Lipinski definition) is 1. The normalized spacial score (nSPS) is 12.6. The largest absolute Gasteiger partial charge is 0.351 e. The van der Waals surface area contributed by atoms with Crippen LogP contribution in [0.2, 0.25) is 0 Å². The molecule has 0 spiro atoms. The zero-order chi connectivity index (χ0) is 13.0. The van der Waals surface area contributed by atoms with E-state index >= 15 is 0 Å². The predicted molar refractivity (Wildman–Crippen MR) is 76.5 cm³/mol. The Morgan fingerprint density at radius 1 is 1.22 bits per heavy atom. The molecule has 1 aromatic heterocycles. The average molecular weight is 242 g/mol. The van der Waals surface area contributed by atoms with Crippen LogP contribution in [0.1, 0.15) is 36.7 Å². The fraction of sp³-hybridized carbons (Fsp3) is 0.375. The molecule has 0 saturated carbocycles. The van der Waals surface area contributed by atoms with Gasteiger partial charge in [-0.25, -0.2) is 0 Å². The summed E-state index contributed by atoms with van der Waals surface area (Å²) in [5, 5.41) is 3.58. The van der Waals surface area contributed by atoms with E-state index in [4.69, 9.17) is 0 Å². The lowest BCUT2D eigenvalue weighted by Crippen LogP contribution is -2.19. The molecule has 0 unspecified atom stereocenters. The van der Waals surface area contributed by atoms with E-state index in [-0.39, 0.29) is 0 Å². The summed E-state index contributed by atoms with van der Waals surface area (Å²) in [7, 11) is 0. The van der Waals surface area contributed by atoms with E-state index in [0.29, 0.717) is 6.04 Å². The molecule has 2 heteroatoms. The van der Waals surface area contributed by atoms with Crippen LogP contribution in [-0.2, 0) is 13.1 Å². The standard InChI is InChI=1S/C16H22N2/c1-4-18-10-6-9-16(18)12-17-14(3)15-8-5-7-13(2)11-15/h5-11,14,17H,4,12H2,1-3H3/t14-/m1/s1. The van der Waals surface area contributed by atoms with Gasteiger partial charge in [0, 0.05) is 31.0 Å². The molecule has 0 fully saturated rings. The molecule has 2 rings (SSSR count). The van der Waals surface area contributed by atoms with Crippen molar-refractivity contribution in [1.29, 1.82) is 0 Å². The Kier molecular flexibility index (Phi) is 4.21. The van der Waals surface area contributed by atoms with Gasteiger partial charge in [0.1, 0.15) is 0 Å². The Morgan fingerprint density at radius 3 is 2.78 bits per heavy atom. The lowest BCUT2D eigenvalue weighted by Gasteiger charge is -2.15. The van der Waals surface area contributed by atoms with Crippen LogP contribution in [0, 0.1) is 6.92 Å². The van der Waals surface area contributed by atoms with Crippen LogP contribution < -0.4 is 5.32 Å². The van der Waals surface area contributed by atoms with Gasteiger partial charge in [-0.1, -0.05) is 29.8 Å². The van der Waals surface area contributed by atoms with Crippen LogP contribution in [0.4, 0.5) is 0 Å². The summed E-state index contributed by atoms with van der Waals surface area (Å²) in [6, 6.07) is 13.4. The highest BCUT2D eigenvalue weighted by molar-refractivity contribution is 5.24. The maximum atomic E-state index is 3.58. The Labute approximate surface area is 110 Å². The summed E-state index contributed by atoms with van der Waals surface area (Å²) in [6.45, 7) is 8.47. The van der Waals surface area contributed by atoms with Crippen molar-refractivity contribution in [3.05, 3.63) is 59.4 Å². The number of aryl methyl sites for hydroxylation is 2. The van der Waals surface area contributed by atoms with Crippen LogP contribution >= 0.6 is 0 Å². The second-order valence-corrected chi connectivity index (χ2v) is 4.80. The molecule has 18 heavy (non-hydrogen) atoms. The molecular formula is C16H22N2. The zero-order valence-corrected chi connectivity index (χ0v) is 11.5. The Hall–Kier alpha value is -1.54. The monoisotopic (exact) mass is 242 g/mol. The van der Waals surface area contributed by atoms with E-state index in [1.807, 2.05) is 0 Å². The number of benzene rings is 1. The van der Waals surface area contributed by atoms with E-state index in [9.17, 15) is 0 Å². The highest BCUT2D eigenvalue weighted by Crippen LogP contribution is 2.14. The smallest absolute Gasteiger partial charge is 0.0364 e. The van der Waals surface area contributed by atoms with Gasteiger partial charge in [-0.2, -0.15) is 0 Å². The van der Waals surface area contributed by atoms with Gasteiger partial charge in [0.2, 0.25) is 0 Å². The van der Waals surface area contributed by atoms with Crippen molar-refractivity contribution in [2.75, 3.05) is 0 Å². The molecule has 0 amide bonds. The minimum Gasteiger partial charge on any atom is -0.351 e. The summed E-state index contributed by atoms with van der Waals surface area (Å²) < 4.78 is 2.27. The zero-order valence-electron chi connectivity index (χ0n) is 11.5. The number of aromatic nitrogens is 1. The second kappa shape index (κ2) is 5.87. The lowest BCUT2D eigenvalue weighted by molar-refractivity contribution is 0.549. The van der Waals surface area contributed by atoms with Crippen LogP contribution in [0.25, 0.3) is 0 Å². The van der Waals surface area contributed by atoms with Crippen molar-refractivity contribution in [3.8, 4) is 0 Å². The van der Waals surface area contributed by atoms with E-state index in [1.54, 1.807) is 0 Å². The van der Waals surface area contributed by atoms with Gasteiger partial charge >= 0.3 is 0 Å². The van der Waals surface area contributed by atoms with Crippen molar-refractivity contribution >= 4 is 0 Å². The van der Waals surface area contributed by atoms with Gasteiger partial charge in [-0.05, 0) is 38.5 Å². The van der Waals surface area contributed by atoms with Gasteiger partial charge in [0.05, 0.1) is 0 Å². The van der Waals surface area contributed by atoms with E-state index < -0.39 is 0 Å². The quantitative estimate of drug-likeness (QED) is 0.846. The average Bonchev–Trinajstić information content (AvgIpc) is 2.83. The highest BCUT2D eigenvalue weighted by Gasteiger charge is 2.06. The van der Waals surface area contributed by atoms with Crippen LogP contribution in [0.5, 0.6) is 0 Å². The third-order valence-electron chi connectivity index (χ3n) is 3.40. The molecule has 0 aliphatic heterocycles. The summed E-state index contributed by atoms with van der Waals surface area (Å²) in [5.41, 5.74) is 4.01. The first kappa shape index (κ1) is 12.9. The van der Waals surface area contributed by atoms with Crippen LogP contribution in [0.3, 0.4) is 0 Å². The third-order valence-corrected chi connectivity index (χ3v) is 3.40. The summed E-state index contributed by atoms with van der Waals surface area (Å²) in [4.78, 5) is 0. The molecule has 0 saturated heterocycles. The predicted octanol–water partition coefficient (Wildman–Crippen LogP) is 3.67. The number of hydrogen-bond acceptors (Lipinski definition) is 1. The highest BCUT2D eigenvalue weighted by atomic mass is 15.0. The second-order valence-electron chi connectivity index (χ2n) is 4.80.